The van der Waals surface area contributed by atoms with Gasteiger partial charge in [-0.05, 0) is 35.0 Å². The summed E-state index contributed by atoms with van der Waals surface area (Å²) < 4.78 is 2.77. The second-order valence-corrected chi connectivity index (χ2v) is 4.29. The first-order valence-corrected chi connectivity index (χ1v) is 5.85. The molecule has 16 heavy (non-hydrogen) atoms. The van der Waals surface area contributed by atoms with Gasteiger partial charge in [0.15, 0.2) is 0 Å². The van der Waals surface area contributed by atoms with Gasteiger partial charge in [-0.3, -0.25) is 4.79 Å². The van der Waals surface area contributed by atoms with Gasteiger partial charge < -0.3 is 9.72 Å². The Bertz CT molecular complexity index is 547. The number of fused-ring (bicyclic) bond motifs is 1. The lowest BCUT2D eigenvalue weighted by Crippen LogP contribution is -2.09. The molecule has 0 spiro atoms. The quantitative estimate of drug-likeness (QED) is 0.920. The molecule has 0 aromatic carbocycles. The highest BCUT2D eigenvalue weighted by Gasteiger charge is 2.06. The maximum Gasteiger partial charge on any atom is 0.224 e. The largest absolute Gasteiger partial charge is 0.325 e. The van der Waals surface area contributed by atoms with Gasteiger partial charge in [-0.1, -0.05) is 6.92 Å². The summed E-state index contributed by atoms with van der Waals surface area (Å²) in [5.74, 6) is 0.0104. The van der Waals surface area contributed by atoms with E-state index in [1.54, 1.807) is 0 Å². The number of nitrogens with one attached hydrogen (secondary N) is 1. The zero-order valence-electron chi connectivity index (χ0n) is 9.12. The molecule has 1 N–H and O–H groups in total. The van der Waals surface area contributed by atoms with E-state index < -0.39 is 0 Å². The van der Waals surface area contributed by atoms with E-state index in [9.17, 15) is 4.79 Å². The fourth-order valence-corrected chi connectivity index (χ4v) is 1.83. The molecule has 0 unspecified atom stereocenters. The molecule has 0 saturated carbocycles. The second kappa shape index (κ2) is 4.25. The number of halogens is 1. The van der Waals surface area contributed by atoms with Gasteiger partial charge in [0, 0.05) is 12.6 Å². The van der Waals surface area contributed by atoms with Gasteiger partial charge in [0.2, 0.25) is 5.91 Å². The maximum absolute atomic E-state index is 11.3. The van der Waals surface area contributed by atoms with Crippen LogP contribution in [0.25, 0.3) is 5.65 Å². The molecule has 84 valence electrons. The highest BCUT2D eigenvalue weighted by molar-refractivity contribution is 9.10. The lowest BCUT2D eigenvalue weighted by atomic mass is 10.3. The summed E-state index contributed by atoms with van der Waals surface area (Å²) in [5.41, 5.74) is 2.66. The molecule has 2 aromatic rings. The van der Waals surface area contributed by atoms with Gasteiger partial charge in [0.05, 0.1) is 11.4 Å². The normalized spacial score (nSPS) is 10.7. The molecule has 2 rings (SSSR count). The highest BCUT2D eigenvalue weighted by Crippen LogP contribution is 2.19. The Morgan fingerprint density at radius 2 is 2.31 bits per heavy atom. The number of carbonyl (C=O) groups is 1. The number of carbonyl (C=O) groups excluding carboxylic acids is 1. The minimum atomic E-state index is 0.0104. The highest BCUT2D eigenvalue weighted by atomic mass is 79.9. The molecule has 5 heteroatoms. The fourth-order valence-electron chi connectivity index (χ4n) is 1.46. The molecular weight excluding hydrogens is 270 g/mol. The summed E-state index contributed by atoms with van der Waals surface area (Å²) in [4.78, 5) is 15.6. The minimum Gasteiger partial charge on any atom is -0.325 e. The zero-order chi connectivity index (χ0) is 11.7. The molecule has 0 atom stereocenters. The molecule has 4 nitrogen and oxygen atoms in total. The first kappa shape index (κ1) is 11.1. The molecule has 2 heterocycles. The second-order valence-electron chi connectivity index (χ2n) is 3.54. The molecule has 0 saturated heterocycles. The molecule has 0 bridgehead atoms. The third kappa shape index (κ3) is 1.95. The lowest BCUT2D eigenvalue weighted by molar-refractivity contribution is -0.115. The molecule has 0 aliphatic heterocycles. The van der Waals surface area contributed by atoms with Crippen LogP contribution in [0.2, 0.25) is 0 Å². The fraction of sp³-hybridized carbons (Fsp3) is 0.273. The average Bonchev–Trinajstić information content (AvgIpc) is 2.55. The van der Waals surface area contributed by atoms with Crippen molar-refractivity contribution in [1.82, 2.24) is 9.38 Å². The van der Waals surface area contributed by atoms with Crippen LogP contribution in [0.1, 0.15) is 19.0 Å². The van der Waals surface area contributed by atoms with Crippen molar-refractivity contribution in [3.05, 3.63) is 28.6 Å². The number of rotatable bonds is 2. The summed E-state index contributed by atoms with van der Waals surface area (Å²) in [6, 6.07) is 3.73. The third-order valence-electron chi connectivity index (χ3n) is 2.40. The summed E-state index contributed by atoms with van der Waals surface area (Å²) in [6.07, 6.45) is 2.35. The predicted octanol–water partition coefficient (Wildman–Crippen LogP) is 2.75. The topological polar surface area (TPSA) is 46.4 Å². The van der Waals surface area contributed by atoms with E-state index in [0.717, 1.165) is 21.6 Å². The Kier molecular flexibility index (Phi) is 2.96. The number of nitrogens with zero attached hydrogens (tertiary/aromatic N) is 2. The van der Waals surface area contributed by atoms with E-state index in [2.05, 4.69) is 26.2 Å². The Labute approximate surface area is 102 Å². The number of aromatic nitrogens is 2. The number of imidazole rings is 1. The van der Waals surface area contributed by atoms with Crippen molar-refractivity contribution in [1.29, 1.82) is 0 Å². The van der Waals surface area contributed by atoms with Crippen molar-refractivity contribution in [2.75, 3.05) is 5.32 Å². The van der Waals surface area contributed by atoms with Gasteiger partial charge in [-0.15, -0.1) is 0 Å². The van der Waals surface area contributed by atoms with Crippen LogP contribution >= 0.6 is 15.9 Å². The first-order chi connectivity index (χ1) is 7.61. The number of anilines is 1. The Morgan fingerprint density at radius 3 is 3.00 bits per heavy atom. The number of aryl methyl sites for hydroxylation is 1. The summed E-state index contributed by atoms with van der Waals surface area (Å²) in [5, 5.41) is 2.82. The Morgan fingerprint density at radius 1 is 1.56 bits per heavy atom. The molecule has 0 aliphatic carbocycles. The number of hydrogen-bond acceptors (Lipinski definition) is 2. The molecular formula is C11H12BrN3O. The molecule has 0 fully saturated rings. The van der Waals surface area contributed by atoms with Crippen LogP contribution in [0.3, 0.4) is 0 Å². The Balaban J connectivity index is 2.43. The van der Waals surface area contributed by atoms with Crippen molar-refractivity contribution < 1.29 is 4.79 Å². The van der Waals surface area contributed by atoms with Crippen LogP contribution in [0.15, 0.2) is 22.9 Å². The smallest absolute Gasteiger partial charge is 0.224 e. The van der Waals surface area contributed by atoms with Gasteiger partial charge in [-0.25, -0.2) is 4.98 Å². The van der Waals surface area contributed by atoms with Crippen LogP contribution in [0.5, 0.6) is 0 Å². The van der Waals surface area contributed by atoms with Gasteiger partial charge in [-0.2, -0.15) is 0 Å². The first-order valence-electron chi connectivity index (χ1n) is 5.06. The van der Waals surface area contributed by atoms with Crippen LogP contribution < -0.4 is 5.32 Å². The Hall–Kier alpha value is -1.36. The van der Waals surface area contributed by atoms with Crippen LogP contribution in [-0.2, 0) is 4.79 Å². The van der Waals surface area contributed by atoms with E-state index in [4.69, 9.17) is 0 Å². The van der Waals surface area contributed by atoms with Crippen molar-refractivity contribution in [3.8, 4) is 0 Å². The maximum atomic E-state index is 11.3. The number of amides is 1. The lowest BCUT2D eigenvalue weighted by Gasteiger charge is -2.04. The molecule has 0 radical (unpaired) electrons. The number of hydrogen-bond donors (Lipinski definition) is 1. The standard InChI is InChI=1S/C11H12BrN3O/c1-3-10(16)13-8-4-5-9-14-11(12)7(2)15(9)6-8/h4-6H,3H2,1-2H3,(H,13,16). The van der Waals surface area contributed by atoms with Crippen LogP contribution in [0, 0.1) is 6.92 Å². The summed E-state index contributed by atoms with van der Waals surface area (Å²) in [7, 11) is 0. The summed E-state index contributed by atoms with van der Waals surface area (Å²) >= 11 is 3.38. The van der Waals surface area contributed by atoms with E-state index in [1.165, 1.54) is 0 Å². The van der Waals surface area contributed by atoms with Crippen LogP contribution in [0.4, 0.5) is 5.69 Å². The molecule has 0 aliphatic rings. The SMILES string of the molecule is CCC(=O)Nc1ccc2nc(Br)c(C)n2c1. The van der Waals surface area contributed by atoms with Crippen molar-refractivity contribution in [3.63, 3.8) is 0 Å². The van der Waals surface area contributed by atoms with Crippen molar-refractivity contribution in [2.45, 2.75) is 20.3 Å². The van der Waals surface area contributed by atoms with Crippen molar-refractivity contribution >= 4 is 33.2 Å². The minimum absolute atomic E-state index is 0.0104. The van der Waals surface area contributed by atoms with Gasteiger partial charge in [0.25, 0.3) is 0 Å². The third-order valence-corrected chi connectivity index (χ3v) is 3.16. The van der Waals surface area contributed by atoms with Crippen LogP contribution in [-0.4, -0.2) is 15.3 Å². The van der Waals surface area contributed by atoms with E-state index >= 15 is 0 Å². The predicted molar refractivity (Wildman–Crippen MR) is 66.5 cm³/mol. The monoisotopic (exact) mass is 281 g/mol. The zero-order valence-corrected chi connectivity index (χ0v) is 10.7. The average molecular weight is 282 g/mol. The van der Waals surface area contributed by atoms with Gasteiger partial charge >= 0.3 is 0 Å². The van der Waals surface area contributed by atoms with E-state index in [1.807, 2.05) is 36.6 Å². The molecule has 2 aromatic heterocycles. The number of pyridine rings is 1. The van der Waals surface area contributed by atoms with E-state index in [0.29, 0.717) is 6.42 Å². The van der Waals surface area contributed by atoms with Gasteiger partial charge in [0.1, 0.15) is 10.3 Å². The van der Waals surface area contributed by atoms with Crippen molar-refractivity contribution in [2.24, 2.45) is 0 Å². The summed E-state index contributed by atoms with van der Waals surface area (Å²) in [6.45, 7) is 3.79. The van der Waals surface area contributed by atoms with E-state index in [-0.39, 0.29) is 5.91 Å². The molecule has 1 amide bonds.